The lowest BCUT2D eigenvalue weighted by molar-refractivity contribution is -0.148. The van der Waals surface area contributed by atoms with E-state index in [0.717, 1.165) is 49.2 Å². The summed E-state index contributed by atoms with van der Waals surface area (Å²) >= 11 is 0. The van der Waals surface area contributed by atoms with Crippen LogP contribution in [0.5, 0.6) is 5.75 Å². The Kier molecular flexibility index (Phi) is 4.91. The van der Waals surface area contributed by atoms with Gasteiger partial charge in [0.25, 0.3) is 0 Å². The van der Waals surface area contributed by atoms with Gasteiger partial charge in [0, 0.05) is 31.5 Å². The standard InChI is InChI=1S/C22H25F2NO2/c1-27-19-8-6-16(7-9-19)22(26)17-3-2-4-18(22)14-25(13-17)12-15-5-10-20(23)21(24)11-15/h5-11,17-18,26H,2-4,12-14H2,1H3. The highest BCUT2D eigenvalue weighted by Crippen LogP contribution is 2.49. The van der Waals surface area contributed by atoms with Gasteiger partial charge in [-0.2, -0.15) is 0 Å². The number of methoxy groups -OCH3 is 1. The summed E-state index contributed by atoms with van der Waals surface area (Å²) in [4.78, 5) is 2.26. The van der Waals surface area contributed by atoms with Crippen LogP contribution in [-0.2, 0) is 12.1 Å². The number of likely N-dealkylation sites (tertiary alicyclic amines) is 1. The van der Waals surface area contributed by atoms with Gasteiger partial charge >= 0.3 is 0 Å². The Balaban J connectivity index is 1.55. The van der Waals surface area contributed by atoms with Crippen LogP contribution < -0.4 is 4.74 Å². The van der Waals surface area contributed by atoms with Crippen LogP contribution in [0.15, 0.2) is 42.5 Å². The molecule has 1 saturated carbocycles. The van der Waals surface area contributed by atoms with Crippen LogP contribution in [0.25, 0.3) is 0 Å². The molecule has 27 heavy (non-hydrogen) atoms. The van der Waals surface area contributed by atoms with Crippen LogP contribution >= 0.6 is 0 Å². The summed E-state index contributed by atoms with van der Waals surface area (Å²) in [5.41, 5.74) is 0.877. The smallest absolute Gasteiger partial charge is 0.159 e. The number of nitrogens with zero attached hydrogens (tertiary/aromatic N) is 1. The zero-order chi connectivity index (χ0) is 19.0. The zero-order valence-electron chi connectivity index (χ0n) is 15.5. The maximum absolute atomic E-state index is 13.5. The molecular weight excluding hydrogens is 348 g/mol. The molecule has 1 N–H and O–H groups in total. The Morgan fingerprint density at radius 1 is 1.04 bits per heavy atom. The molecular formula is C22H25F2NO2. The number of piperidine rings is 1. The second-order valence-corrected chi connectivity index (χ2v) is 7.82. The Morgan fingerprint density at radius 3 is 2.30 bits per heavy atom. The molecule has 2 aromatic rings. The molecule has 2 aromatic carbocycles. The molecule has 1 aliphatic heterocycles. The molecule has 1 aliphatic carbocycles. The highest BCUT2D eigenvalue weighted by molar-refractivity contribution is 5.33. The van der Waals surface area contributed by atoms with E-state index in [1.165, 1.54) is 12.1 Å². The molecule has 3 nitrogen and oxygen atoms in total. The average Bonchev–Trinajstić information content (AvgIpc) is 2.66. The van der Waals surface area contributed by atoms with Crippen LogP contribution in [0.1, 0.15) is 30.4 Å². The number of halogens is 2. The molecule has 0 amide bonds. The summed E-state index contributed by atoms with van der Waals surface area (Å²) in [5.74, 6) is -0.585. The van der Waals surface area contributed by atoms with Gasteiger partial charge in [0.1, 0.15) is 5.75 Å². The molecule has 144 valence electrons. The first-order valence-corrected chi connectivity index (χ1v) is 9.54. The zero-order valence-corrected chi connectivity index (χ0v) is 15.5. The van der Waals surface area contributed by atoms with Gasteiger partial charge in [0.05, 0.1) is 12.7 Å². The summed E-state index contributed by atoms with van der Waals surface area (Å²) in [7, 11) is 1.63. The number of hydrogen-bond donors (Lipinski definition) is 1. The van der Waals surface area contributed by atoms with Crippen molar-refractivity contribution in [2.45, 2.75) is 31.4 Å². The summed E-state index contributed by atoms with van der Waals surface area (Å²) in [6.07, 6.45) is 3.05. The SMILES string of the molecule is COc1ccc(C2(O)C3CCCC2CN(Cc2ccc(F)c(F)c2)C3)cc1. The van der Waals surface area contributed by atoms with E-state index in [-0.39, 0.29) is 11.8 Å². The van der Waals surface area contributed by atoms with Crippen LogP contribution in [0.2, 0.25) is 0 Å². The lowest BCUT2D eigenvalue weighted by atomic mass is 9.62. The maximum atomic E-state index is 13.5. The van der Waals surface area contributed by atoms with Crippen LogP contribution in [0.4, 0.5) is 8.78 Å². The lowest BCUT2D eigenvalue weighted by Gasteiger charge is -2.53. The summed E-state index contributed by atoms with van der Waals surface area (Å²) in [6.45, 7) is 2.07. The molecule has 2 fully saturated rings. The largest absolute Gasteiger partial charge is 0.497 e. The van der Waals surface area contributed by atoms with E-state index < -0.39 is 17.2 Å². The minimum atomic E-state index is -0.838. The topological polar surface area (TPSA) is 32.7 Å². The number of aliphatic hydroxyl groups is 1. The second kappa shape index (κ2) is 7.21. The molecule has 5 heteroatoms. The normalized spacial score (nSPS) is 28.1. The minimum absolute atomic E-state index is 0.128. The predicted molar refractivity (Wildman–Crippen MR) is 99.4 cm³/mol. The molecule has 0 spiro atoms. The van der Waals surface area contributed by atoms with E-state index >= 15 is 0 Å². The molecule has 1 heterocycles. The Morgan fingerprint density at radius 2 is 1.70 bits per heavy atom. The molecule has 2 unspecified atom stereocenters. The molecule has 2 aliphatic rings. The van der Waals surface area contributed by atoms with Crippen LogP contribution in [0.3, 0.4) is 0 Å². The predicted octanol–water partition coefficient (Wildman–Crippen LogP) is 4.09. The third kappa shape index (κ3) is 3.34. The number of hydrogen-bond acceptors (Lipinski definition) is 3. The van der Waals surface area contributed by atoms with E-state index in [0.29, 0.717) is 6.54 Å². The van der Waals surface area contributed by atoms with Gasteiger partial charge in [0.2, 0.25) is 0 Å². The van der Waals surface area contributed by atoms with Crippen molar-refractivity contribution < 1.29 is 18.6 Å². The van der Waals surface area contributed by atoms with Gasteiger partial charge < -0.3 is 9.84 Å². The third-order valence-corrected chi connectivity index (χ3v) is 6.25. The van der Waals surface area contributed by atoms with Crippen molar-refractivity contribution in [3.8, 4) is 5.75 Å². The fraction of sp³-hybridized carbons (Fsp3) is 0.455. The fourth-order valence-electron chi connectivity index (χ4n) is 4.90. The first-order chi connectivity index (χ1) is 13.0. The van der Waals surface area contributed by atoms with Gasteiger partial charge in [-0.05, 0) is 48.2 Å². The maximum Gasteiger partial charge on any atom is 0.159 e. The number of ether oxygens (including phenoxy) is 1. The van der Waals surface area contributed by atoms with Crippen molar-refractivity contribution in [1.29, 1.82) is 0 Å². The van der Waals surface area contributed by atoms with Crippen molar-refractivity contribution in [3.05, 3.63) is 65.2 Å². The van der Waals surface area contributed by atoms with Gasteiger partial charge in [-0.25, -0.2) is 8.78 Å². The van der Waals surface area contributed by atoms with E-state index in [9.17, 15) is 13.9 Å². The molecule has 2 atom stereocenters. The fourth-order valence-corrected chi connectivity index (χ4v) is 4.90. The van der Waals surface area contributed by atoms with Gasteiger partial charge in [-0.3, -0.25) is 4.90 Å². The van der Waals surface area contributed by atoms with E-state index in [1.54, 1.807) is 13.2 Å². The highest BCUT2D eigenvalue weighted by Gasteiger charge is 2.51. The summed E-state index contributed by atoms with van der Waals surface area (Å²) in [6, 6.07) is 11.8. The number of benzene rings is 2. The van der Waals surface area contributed by atoms with Crippen LogP contribution in [-0.4, -0.2) is 30.2 Å². The molecule has 2 bridgehead atoms. The molecule has 0 aromatic heterocycles. The van der Waals surface area contributed by atoms with Crippen molar-refractivity contribution >= 4 is 0 Å². The first kappa shape index (κ1) is 18.4. The average molecular weight is 373 g/mol. The van der Waals surface area contributed by atoms with Crippen molar-refractivity contribution in [1.82, 2.24) is 4.90 Å². The second-order valence-electron chi connectivity index (χ2n) is 7.82. The van der Waals surface area contributed by atoms with Gasteiger partial charge in [-0.15, -0.1) is 0 Å². The highest BCUT2D eigenvalue weighted by atomic mass is 19.2. The first-order valence-electron chi connectivity index (χ1n) is 9.54. The van der Waals surface area contributed by atoms with Gasteiger partial charge in [-0.1, -0.05) is 24.6 Å². The molecule has 4 rings (SSSR count). The van der Waals surface area contributed by atoms with E-state index in [2.05, 4.69) is 4.90 Å². The third-order valence-electron chi connectivity index (χ3n) is 6.25. The number of rotatable bonds is 4. The molecule has 0 radical (unpaired) electrons. The Bertz CT molecular complexity index is 794. The quantitative estimate of drug-likeness (QED) is 0.876. The monoisotopic (exact) mass is 373 g/mol. The Labute approximate surface area is 158 Å². The lowest BCUT2D eigenvalue weighted by Crippen LogP contribution is -2.57. The van der Waals surface area contributed by atoms with Crippen molar-refractivity contribution in [2.24, 2.45) is 11.8 Å². The summed E-state index contributed by atoms with van der Waals surface area (Å²) < 4.78 is 31.9. The minimum Gasteiger partial charge on any atom is -0.497 e. The Hall–Kier alpha value is -1.98. The molecule has 1 saturated heterocycles. The van der Waals surface area contributed by atoms with Gasteiger partial charge in [0.15, 0.2) is 11.6 Å². The van der Waals surface area contributed by atoms with Crippen molar-refractivity contribution in [3.63, 3.8) is 0 Å². The van der Waals surface area contributed by atoms with E-state index in [1.807, 2.05) is 24.3 Å². The van der Waals surface area contributed by atoms with E-state index in [4.69, 9.17) is 4.74 Å². The van der Waals surface area contributed by atoms with Crippen molar-refractivity contribution in [2.75, 3.05) is 20.2 Å². The number of fused-ring (bicyclic) bond motifs is 2. The van der Waals surface area contributed by atoms with Crippen LogP contribution in [0, 0.1) is 23.5 Å². The summed E-state index contributed by atoms with van der Waals surface area (Å²) in [5, 5.41) is 11.7.